The molecule has 1 heterocycles. The molecule has 0 bridgehead atoms. The van der Waals surface area contributed by atoms with Crippen LogP contribution in [0.15, 0.2) is 0 Å². The summed E-state index contributed by atoms with van der Waals surface area (Å²) in [5.41, 5.74) is 0. The van der Waals surface area contributed by atoms with Crippen LogP contribution in [-0.2, 0) is 4.74 Å². The van der Waals surface area contributed by atoms with E-state index >= 15 is 0 Å². The van der Waals surface area contributed by atoms with Crippen molar-refractivity contribution in [2.45, 2.75) is 59.1 Å². The normalized spacial score (nSPS) is 28.6. The summed E-state index contributed by atoms with van der Waals surface area (Å²) in [7, 11) is 0. The molecule has 3 atom stereocenters. The number of hydrogen-bond acceptors (Lipinski definition) is 2. The monoisotopic (exact) mass is 213 g/mol. The van der Waals surface area contributed by atoms with Crippen LogP contribution in [0.3, 0.4) is 0 Å². The fraction of sp³-hybridized carbons (Fsp3) is 1.00. The largest absolute Gasteiger partial charge is 0.378 e. The fourth-order valence-corrected chi connectivity index (χ4v) is 2.73. The Morgan fingerprint density at radius 1 is 1.33 bits per heavy atom. The zero-order chi connectivity index (χ0) is 11.3. The molecular weight excluding hydrogens is 186 g/mol. The van der Waals surface area contributed by atoms with Crippen molar-refractivity contribution in [2.75, 3.05) is 13.2 Å². The van der Waals surface area contributed by atoms with Crippen molar-refractivity contribution in [3.05, 3.63) is 0 Å². The van der Waals surface area contributed by atoms with Crippen LogP contribution in [0.2, 0.25) is 0 Å². The van der Waals surface area contributed by atoms with E-state index in [2.05, 4.69) is 33.0 Å². The zero-order valence-corrected chi connectivity index (χ0v) is 10.8. The second-order valence-corrected chi connectivity index (χ2v) is 5.06. The van der Waals surface area contributed by atoms with E-state index in [0.717, 1.165) is 31.4 Å². The minimum atomic E-state index is 0.493. The van der Waals surface area contributed by atoms with Crippen molar-refractivity contribution in [3.63, 3.8) is 0 Å². The van der Waals surface area contributed by atoms with E-state index in [1.807, 2.05) is 0 Å². The predicted octanol–water partition coefficient (Wildman–Crippen LogP) is 2.83. The quantitative estimate of drug-likeness (QED) is 0.732. The summed E-state index contributed by atoms with van der Waals surface area (Å²) >= 11 is 0. The molecule has 2 heteroatoms. The van der Waals surface area contributed by atoms with Crippen LogP contribution in [0.25, 0.3) is 0 Å². The summed E-state index contributed by atoms with van der Waals surface area (Å²) in [6.45, 7) is 11.1. The first-order valence-electron chi connectivity index (χ1n) is 6.54. The SMILES string of the molecule is CCNC(CC(C)C)C1CCOC1CC. The van der Waals surface area contributed by atoms with E-state index < -0.39 is 0 Å². The lowest BCUT2D eigenvalue weighted by Gasteiger charge is -2.29. The minimum absolute atomic E-state index is 0.493. The minimum Gasteiger partial charge on any atom is -0.378 e. The van der Waals surface area contributed by atoms with Crippen molar-refractivity contribution >= 4 is 0 Å². The van der Waals surface area contributed by atoms with Gasteiger partial charge in [-0.05, 0) is 31.7 Å². The average Bonchev–Trinajstić information content (AvgIpc) is 2.64. The molecule has 1 N–H and O–H groups in total. The molecule has 0 spiro atoms. The van der Waals surface area contributed by atoms with Gasteiger partial charge in [-0.25, -0.2) is 0 Å². The topological polar surface area (TPSA) is 21.3 Å². The Morgan fingerprint density at radius 2 is 2.07 bits per heavy atom. The first-order valence-corrected chi connectivity index (χ1v) is 6.54. The van der Waals surface area contributed by atoms with Gasteiger partial charge in [0.1, 0.15) is 0 Å². The van der Waals surface area contributed by atoms with Crippen molar-refractivity contribution in [1.82, 2.24) is 5.32 Å². The van der Waals surface area contributed by atoms with E-state index in [9.17, 15) is 0 Å². The Labute approximate surface area is 94.8 Å². The van der Waals surface area contributed by atoms with Gasteiger partial charge in [0.25, 0.3) is 0 Å². The van der Waals surface area contributed by atoms with Gasteiger partial charge in [-0.15, -0.1) is 0 Å². The highest BCUT2D eigenvalue weighted by atomic mass is 16.5. The van der Waals surface area contributed by atoms with Gasteiger partial charge in [0.15, 0.2) is 0 Å². The number of rotatable bonds is 6. The van der Waals surface area contributed by atoms with Gasteiger partial charge in [-0.2, -0.15) is 0 Å². The molecule has 0 radical (unpaired) electrons. The molecule has 1 saturated heterocycles. The van der Waals surface area contributed by atoms with E-state index in [1.54, 1.807) is 0 Å². The molecule has 0 amide bonds. The molecule has 0 aromatic heterocycles. The molecule has 2 nitrogen and oxygen atoms in total. The van der Waals surface area contributed by atoms with Crippen LogP contribution in [0.1, 0.15) is 47.0 Å². The molecule has 0 saturated carbocycles. The Morgan fingerprint density at radius 3 is 2.60 bits per heavy atom. The van der Waals surface area contributed by atoms with Gasteiger partial charge in [-0.3, -0.25) is 0 Å². The molecule has 1 rings (SSSR count). The lowest BCUT2D eigenvalue weighted by molar-refractivity contribution is 0.0751. The third-order valence-corrected chi connectivity index (χ3v) is 3.37. The molecular formula is C13H27NO. The number of nitrogens with one attached hydrogen (secondary N) is 1. The number of hydrogen-bond donors (Lipinski definition) is 1. The summed E-state index contributed by atoms with van der Waals surface area (Å²) in [5.74, 6) is 1.50. The van der Waals surface area contributed by atoms with E-state index in [-0.39, 0.29) is 0 Å². The van der Waals surface area contributed by atoms with Crippen molar-refractivity contribution in [1.29, 1.82) is 0 Å². The van der Waals surface area contributed by atoms with E-state index in [1.165, 1.54) is 12.8 Å². The summed E-state index contributed by atoms with van der Waals surface area (Å²) in [4.78, 5) is 0. The second-order valence-electron chi connectivity index (χ2n) is 5.06. The first kappa shape index (κ1) is 13.0. The summed E-state index contributed by atoms with van der Waals surface area (Å²) in [6.07, 6.45) is 4.17. The number of ether oxygens (including phenoxy) is 1. The molecule has 1 aliphatic rings. The molecule has 90 valence electrons. The molecule has 3 unspecified atom stereocenters. The highest BCUT2D eigenvalue weighted by Crippen LogP contribution is 2.29. The predicted molar refractivity (Wildman–Crippen MR) is 65.1 cm³/mol. The van der Waals surface area contributed by atoms with Crippen molar-refractivity contribution in [2.24, 2.45) is 11.8 Å². The van der Waals surface area contributed by atoms with Crippen LogP contribution in [0, 0.1) is 11.8 Å². The maximum atomic E-state index is 5.78. The van der Waals surface area contributed by atoms with Gasteiger partial charge in [0, 0.05) is 18.6 Å². The lowest BCUT2D eigenvalue weighted by Crippen LogP contribution is -2.40. The summed E-state index contributed by atoms with van der Waals surface area (Å²) in [5, 5.41) is 3.64. The van der Waals surface area contributed by atoms with E-state index in [4.69, 9.17) is 4.74 Å². The Hall–Kier alpha value is -0.0800. The maximum absolute atomic E-state index is 5.78. The second kappa shape index (κ2) is 6.49. The third-order valence-electron chi connectivity index (χ3n) is 3.37. The molecule has 0 aromatic rings. The molecule has 0 aromatic carbocycles. The van der Waals surface area contributed by atoms with Gasteiger partial charge in [0.2, 0.25) is 0 Å². The average molecular weight is 213 g/mol. The molecule has 1 aliphatic heterocycles. The van der Waals surface area contributed by atoms with Gasteiger partial charge in [0.05, 0.1) is 6.10 Å². The lowest BCUT2D eigenvalue weighted by atomic mass is 9.86. The van der Waals surface area contributed by atoms with Crippen LogP contribution in [0.5, 0.6) is 0 Å². The Bertz CT molecular complexity index is 170. The van der Waals surface area contributed by atoms with Crippen LogP contribution in [0.4, 0.5) is 0 Å². The standard InChI is InChI=1S/C13H27NO/c1-5-13-11(7-8-15-13)12(14-6-2)9-10(3)4/h10-14H,5-9H2,1-4H3. The van der Waals surface area contributed by atoms with Crippen molar-refractivity contribution in [3.8, 4) is 0 Å². The summed E-state index contributed by atoms with van der Waals surface area (Å²) in [6, 6.07) is 0.655. The maximum Gasteiger partial charge on any atom is 0.0616 e. The Kier molecular flexibility index (Phi) is 5.62. The molecule has 15 heavy (non-hydrogen) atoms. The molecule has 0 aliphatic carbocycles. The van der Waals surface area contributed by atoms with Gasteiger partial charge >= 0.3 is 0 Å². The first-order chi connectivity index (χ1) is 7.19. The highest BCUT2D eigenvalue weighted by Gasteiger charge is 2.33. The Balaban J connectivity index is 2.53. The highest BCUT2D eigenvalue weighted by molar-refractivity contribution is 4.86. The van der Waals surface area contributed by atoms with Crippen molar-refractivity contribution < 1.29 is 4.74 Å². The smallest absolute Gasteiger partial charge is 0.0616 e. The fourth-order valence-electron chi connectivity index (χ4n) is 2.73. The van der Waals surface area contributed by atoms with E-state index in [0.29, 0.717) is 12.1 Å². The molecule has 1 fully saturated rings. The van der Waals surface area contributed by atoms with Crippen LogP contribution >= 0.6 is 0 Å². The summed E-state index contributed by atoms with van der Waals surface area (Å²) < 4.78 is 5.78. The van der Waals surface area contributed by atoms with Gasteiger partial charge < -0.3 is 10.1 Å². The van der Waals surface area contributed by atoms with Crippen LogP contribution in [-0.4, -0.2) is 25.3 Å². The zero-order valence-electron chi connectivity index (χ0n) is 10.8. The van der Waals surface area contributed by atoms with Gasteiger partial charge in [-0.1, -0.05) is 27.7 Å². The van der Waals surface area contributed by atoms with Crippen LogP contribution < -0.4 is 5.32 Å². The third kappa shape index (κ3) is 3.76.